The highest BCUT2D eigenvalue weighted by atomic mass is 16.3. The maximum absolute atomic E-state index is 10.8. The Balaban J connectivity index is 2.30. The lowest BCUT2D eigenvalue weighted by atomic mass is 10.2. The third-order valence-electron chi connectivity index (χ3n) is 1.77. The number of carbonyl (C=O) groups is 2. The van der Waals surface area contributed by atoms with E-state index in [1.165, 1.54) is 0 Å². The molecule has 0 aromatic carbocycles. The van der Waals surface area contributed by atoms with Crippen LogP contribution in [0.5, 0.6) is 0 Å². The Labute approximate surface area is 67.6 Å². The Hall–Kier alpha value is -1.56. The first-order valence-corrected chi connectivity index (χ1v) is 3.45. The van der Waals surface area contributed by atoms with E-state index in [1.807, 2.05) is 0 Å². The fourth-order valence-corrected chi connectivity index (χ4v) is 1.23. The molecule has 6 nitrogen and oxygen atoms in total. The van der Waals surface area contributed by atoms with Crippen molar-refractivity contribution in [3.05, 3.63) is 11.4 Å². The highest BCUT2D eigenvalue weighted by Gasteiger charge is 2.32. The summed E-state index contributed by atoms with van der Waals surface area (Å²) in [6, 6.07) is -0.511. The molecule has 0 saturated heterocycles. The van der Waals surface area contributed by atoms with E-state index in [0.29, 0.717) is 11.4 Å². The molecule has 0 saturated carbocycles. The zero-order valence-electron chi connectivity index (χ0n) is 6.05. The van der Waals surface area contributed by atoms with Crippen molar-refractivity contribution in [3.63, 3.8) is 0 Å². The quantitative estimate of drug-likeness (QED) is 0.350. The minimum Gasteiger partial charge on any atom is -0.369 e. The van der Waals surface area contributed by atoms with E-state index in [-0.39, 0.29) is 12.3 Å². The van der Waals surface area contributed by atoms with Crippen LogP contribution in [0.1, 0.15) is 6.42 Å². The zero-order chi connectivity index (χ0) is 8.72. The first kappa shape index (κ1) is 7.11. The molecule has 1 atom stereocenters. The fraction of sp³-hybridized carbons (Fsp3) is 0.333. The van der Waals surface area contributed by atoms with Crippen molar-refractivity contribution in [2.24, 2.45) is 0 Å². The molecule has 0 aromatic rings. The third kappa shape index (κ3) is 0.928. The zero-order valence-corrected chi connectivity index (χ0v) is 6.05. The minimum atomic E-state index is -1.05. The molecule has 2 heterocycles. The summed E-state index contributed by atoms with van der Waals surface area (Å²) in [5.74, 6) is 0.0966. The fourth-order valence-electron chi connectivity index (χ4n) is 1.23. The summed E-state index contributed by atoms with van der Waals surface area (Å²) < 4.78 is 0. The summed E-state index contributed by atoms with van der Waals surface area (Å²) in [4.78, 5) is 21.6. The van der Waals surface area contributed by atoms with Crippen LogP contribution in [0.3, 0.4) is 0 Å². The van der Waals surface area contributed by atoms with Crippen LogP contribution in [0.2, 0.25) is 0 Å². The van der Waals surface area contributed by atoms with Gasteiger partial charge in [-0.25, -0.2) is 4.79 Å². The molecule has 0 unspecified atom stereocenters. The second-order valence-corrected chi connectivity index (χ2v) is 2.63. The molecule has 0 bridgehead atoms. The topological polar surface area (TPSA) is 90.5 Å². The predicted octanol–water partition coefficient (Wildman–Crippen LogP) is -1.65. The van der Waals surface area contributed by atoms with Crippen LogP contribution < -0.4 is 16.0 Å². The number of urea groups is 1. The normalized spacial score (nSPS) is 27.6. The molecule has 4 N–H and O–H groups in total. The number of amides is 3. The van der Waals surface area contributed by atoms with Gasteiger partial charge in [0.1, 0.15) is 5.82 Å². The molecule has 2 rings (SSSR count). The maximum atomic E-state index is 10.8. The van der Waals surface area contributed by atoms with Gasteiger partial charge in [-0.2, -0.15) is 0 Å². The lowest BCUT2D eigenvalue weighted by Gasteiger charge is -2.20. The van der Waals surface area contributed by atoms with Crippen molar-refractivity contribution >= 4 is 11.9 Å². The molecule has 0 aromatic heterocycles. The van der Waals surface area contributed by atoms with E-state index in [9.17, 15) is 14.7 Å². The van der Waals surface area contributed by atoms with Crippen LogP contribution in [-0.2, 0) is 4.79 Å². The number of hydrogen-bond acceptors (Lipinski definition) is 3. The van der Waals surface area contributed by atoms with Crippen LogP contribution >= 0.6 is 0 Å². The maximum Gasteiger partial charge on any atom is 0.322 e. The van der Waals surface area contributed by atoms with Crippen LogP contribution in [0.4, 0.5) is 4.79 Å². The molecule has 0 fully saturated rings. The van der Waals surface area contributed by atoms with Crippen molar-refractivity contribution in [3.8, 4) is 0 Å². The summed E-state index contributed by atoms with van der Waals surface area (Å²) in [5.41, 5.74) is 0.486. The molecule has 0 aliphatic carbocycles. The van der Waals surface area contributed by atoms with E-state index in [2.05, 4.69) is 16.0 Å². The molecule has 0 radical (unpaired) electrons. The summed E-state index contributed by atoms with van der Waals surface area (Å²) in [5, 5.41) is 16.3. The average molecular weight is 169 g/mol. The smallest absolute Gasteiger partial charge is 0.322 e. The molecular weight excluding hydrogens is 162 g/mol. The largest absolute Gasteiger partial charge is 0.369 e. The Morgan fingerprint density at radius 2 is 2.08 bits per heavy atom. The van der Waals surface area contributed by atoms with Gasteiger partial charge < -0.3 is 15.7 Å². The van der Waals surface area contributed by atoms with Gasteiger partial charge in [-0.05, 0) is 0 Å². The Morgan fingerprint density at radius 1 is 1.33 bits per heavy atom. The highest BCUT2D eigenvalue weighted by molar-refractivity contribution is 5.88. The van der Waals surface area contributed by atoms with Crippen LogP contribution in [0.25, 0.3) is 0 Å². The van der Waals surface area contributed by atoms with Gasteiger partial charge in [0.25, 0.3) is 0 Å². The van der Waals surface area contributed by atoms with Crippen LogP contribution in [-0.4, -0.2) is 23.3 Å². The molecule has 2 aliphatic rings. The number of aliphatic hydroxyl groups excluding tert-OH is 1. The summed E-state index contributed by atoms with van der Waals surface area (Å²) >= 11 is 0. The summed E-state index contributed by atoms with van der Waals surface area (Å²) in [6.45, 7) is 0. The van der Waals surface area contributed by atoms with E-state index < -0.39 is 12.3 Å². The van der Waals surface area contributed by atoms with Crippen molar-refractivity contribution in [2.75, 3.05) is 0 Å². The molecule has 2 aliphatic heterocycles. The van der Waals surface area contributed by atoms with E-state index in [4.69, 9.17) is 0 Å². The first-order valence-electron chi connectivity index (χ1n) is 3.45. The van der Waals surface area contributed by atoms with Gasteiger partial charge in [-0.3, -0.25) is 10.1 Å². The number of hydrogen-bond donors (Lipinski definition) is 4. The Morgan fingerprint density at radius 3 is 2.83 bits per heavy atom. The number of nitrogens with one attached hydrogen (secondary N) is 3. The molecule has 12 heavy (non-hydrogen) atoms. The lowest BCUT2D eigenvalue weighted by molar-refractivity contribution is -0.119. The first-order chi connectivity index (χ1) is 5.66. The number of aliphatic hydroxyl groups is 1. The van der Waals surface area contributed by atoms with Crippen molar-refractivity contribution in [2.45, 2.75) is 12.6 Å². The molecular formula is C6H7N3O3. The van der Waals surface area contributed by atoms with E-state index >= 15 is 0 Å². The lowest BCUT2D eigenvalue weighted by Crippen LogP contribution is -2.49. The van der Waals surface area contributed by atoms with Gasteiger partial charge in [0.15, 0.2) is 6.23 Å². The SMILES string of the molecule is O=C1CC2=C(N1)NC(=O)N[C@H]2O. The third-order valence-corrected chi connectivity index (χ3v) is 1.77. The molecule has 3 amide bonds. The Bertz CT molecular complexity index is 296. The second kappa shape index (κ2) is 2.21. The van der Waals surface area contributed by atoms with Gasteiger partial charge in [0.2, 0.25) is 5.91 Å². The standard InChI is InChI=1S/C6H7N3O3/c10-3-1-2-4(7-3)8-6(12)9-5(2)11/h5,11H,1H2,(H,7,10)(H2,8,9,12)/t5-/m0/s1. The number of rotatable bonds is 0. The van der Waals surface area contributed by atoms with Gasteiger partial charge in [-0.15, -0.1) is 0 Å². The molecule has 64 valence electrons. The van der Waals surface area contributed by atoms with Crippen molar-refractivity contribution < 1.29 is 14.7 Å². The predicted molar refractivity (Wildman–Crippen MR) is 37.5 cm³/mol. The van der Waals surface area contributed by atoms with Gasteiger partial charge in [0, 0.05) is 5.57 Å². The number of carbonyl (C=O) groups excluding carboxylic acids is 2. The van der Waals surface area contributed by atoms with Gasteiger partial charge >= 0.3 is 6.03 Å². The van der Waals surface area contributed by atoms with E-state index in [1.54, 1.807) is 0 Å². The van der Waals surface area contributed by atoms with Crippen molar-refractivity contribution in [1.82, 2.24) is 16.0 Å². The Kier molecular flexibility index (Phi) is 1.31. The highest BCUT2D eigenvalue weighted by Crippen LogP contribution is 2.17. The van der Waals surface area contributed by atoms with Crippen LogP contribution in [0.15, 0.2) is 11.4 Å². The average Bonchev–Trinajstić information content (AvgIpc) is 2.29. The van der Waals surface area contributed by atoms with Crippen molar-refractivity contribution in [1.29, 1.82) is 0 Å². The van der Waals surface area contributed by atoms with Crippen LogP contribution in [0, 0.1) is 0 Å². The summed E-state index contributed by atoms with van der Waals surface area (Å²) in [6.07, 6.45) is -0.920. The van der Waals surface area contributed by atoms with Gasteiger partial charge in [0.05, 0.1) is 6.42 Å². The van der Waals surface area contributed by atoms with Gasteiger partial charge in [-0.1, -0.05) is 0 Å². The van der Waals surface area contributed by atoms with E-state index in [0.717, 1.165) is 0 Å². The monoisotopic (exact) mass is 169 g/mol. The molecule has 6 heteroatoms. The minimum absolute atomic E-state index is 0.129. The second-order valence-electron chi connectivity index (χ2n) is 2.63. The molecule has 0 spiro atoms. The summed E-state index contributed by atoms with van der Waals surface area (Å²) in [7, 11) is 0.